The molecule has 30 heteroatoms. The molecule has 0 aliphatic carbocycles. The lowest BCUT2D eigenvalue weighted by Crippen LogP contribution is -2.33. The Bertz CT molecular complexity index is 5930. The van der Waals surface area contributed by atoms with Crippen LogP contribution < -0.4 is 17.2 Å². The molecule has 0 fully saturated rings. The molecule has 118 heavy (non-hydrogen) atoms. The monoisotopic (exact) mass is 1890 g/mol. The van der Waals surface area contributed by atoms with E-state index in [0.29, 0.717) is 74.6 Å². The van der Waals surface area contributed by atoms with Gasteiger partial charge in [0.25, 0.3) is 40.1 Å². The van der Waals surface area contributed by atoms with Crippen LogP contribution in [0.15, 0.2) is 223 Å². The first-order valence-electron chi connectivity index (χ1n) is 37.6. The molecule has 634 valence electrons. The first-order chi connectivity index (χ1) is 54.7. The lowest BCUT2D eigenvalue weighted by molar-refractivity contribution is 0.0599. The van der Waals surface area contributed by atoms with Gasteiger partial charge in [-0.2, -0.15) is 0 Å². The average Bonchev–Trinajstić information content (AvgIpc) is 1.60. The number of fused-ring (bicyclic) bond motifs is 4. The van der Waals surface area contributed by atoms with Gasteiger partial charge in [0.15, 0.2) is 5.78 Å². The maximum absolute atomic E-state index is 13.7. The third kappa shape index (κ3) is 22.2. The summed E-state index contributed by atoms with van der Waals surface area (Å²) in [7, 11) is -14.1. The van der Waals surface area contributed by atoms with E-state index in [1.54, 1.807) is 90.1 Å². The quantitative estimate of drug-likeness (QED) is 0.0240. The van der Waals surface area contributed by atoms with Gasteiger partial charge in [0.2, 0.25) is 0 Å². The molecular weight excluding hydrogens is 1790 g/mol. The molecule has 0 unspecified atom stereocenters. The molecule has 0 spiro atoms. The predicted molar refractivity (Wildman–Crippen MR) is 494 cm³/mol. The summed E-state index contributed by atoms with van der Waals surface area (Å²) >= 11 is 12.1. The van der Waals surface area contributed by atoms with Crippen LogP contribution in [0, 0.1) is 0 Å². The Morgan fingerprint density at radius 2 is 0.610 bits per heavy atom. The number of carbonyl (C=O) groups is 3. The molecular formula is C88H104Br2N4O16S8. The molecule has 0 aliphatic rings. The van der Waals surface area contributed by atoms with Crippen molar-refractivity contribution in [1.29, 1.82) is 0 Å². The second-order valence-electron chi connectivity index (χ2n) is 28.8. The number of esters is 1. The molecule has 12 rings (SSSR count). The molecule has 0 radical (unpaired) electrons. The van der Waals surface area contributed by atoms with Crippen molar-refractivity contribution in [3.8, 4) is 0 Å². The number of benzene rings is 8. The van der Waals surface area contributed by atoms with Gasteiger partial charge in [0, 0.05) is 92.2 Å². The summed E-state index contributed by atoms with van der Waals surface area (Å²) in [5, 5.41) is 47.2. The van der Waals surface area contributed by atoms with Crippen molar-refractivity contribution in [1.82, 2.24) is 0 Å². The number of aliphatic hydroxyl groups is 3. The maximum Gasteiger partial charge on any atom is 0.337 e. The third-order valence-corrected chi connectivity index (χ3v) is 32.2. The Morgan fingerprint density at radius 3 is 0.864 bits per heavy atom. The van der Waals surface area contributed by atoms with Crippen molar-refractivity contribution in [3.63, 3.8) is 0 Å². The number of rotatable bonds is 30. The zero-order valence-electron chi connectivity index (χ0n) is 66.5. The number of Topliss-reactive ketones (excluding diaryl/α,β-unsaturated/α-hetero) is 1. The zero-order valence-corrected chi connectivity index (χ0v) is 76.2. The molecule has 0 atom stereocenters. The standard InChI is InChI=1S/C23H27NO5S2.C22H25NO5S2.C21H24BrNO3S2.C20H20BrNO3S2.2CH4/c1-5-6-15-24(31(27,28)17-13-11-16(12-14-17)22(25)29-4)21-20(23(2,3)26)18-9-7-8-10-19(18)30-21;1-4-5-14-23(30(27,28)16-12-10-15(11-13-16)21(24)25)20-19(22(2,3)26)17-8-6-7-9-18(17)29-20;1-4-5-14-23(28(25,26)16-12-10-15(22)11-13-16)20-19(21(2,3)24)17-8-6-7-9-18(17)27-20;1-3-4-13-22(27(24,25)16-11-9-15(21)10-12-16)20-19(14(2)23)17-7-5-6-8-18(17)26-20;;/h7-14,26H,5-6,15H2,1-4H3;6-13,26H,4-5,14H2,1-3H3,(H,24,25);6-13,24H,4-5,14H2,1-3H3;5-12H,3-4,13H2,1-2H3;2*1H4. The van der Waals surface area contributed by atoms with Crippen LogP contribution in [0.1, 0.15) is 190 Å². The number of halogens is 2. The number of ketones is 1. The second-order valence-corrected chi connectivity index (χ2v) is 42.2. The molecule has 0 saturated heterocycles. The van der Waals surface area contributed by atoms with Crippen molar-refractivity contribution < 1.29 is 73.2 Å². The summed E-state index contributed by atoms with van der Waals surface area (Å²) in [6.07, 6.45) is 6.09. The van der Waals surface area contributed by atoms with Crippen molar-refractivity contribution >= 4 is 195 Å². The van der Waals surface area contributed by atoms with Gasteiger partial charge in [-0.05, 0) is 195 Å². The van der Waals surface area contributed by atoms with Crippen LogP contribution in [0.25, 0.3) is 40.3 Å². The number of carboxylic acid groups (broad SMARTS) is 1. The van der Waals surface area contributed by atoms with Gasteiger partial charge in [0.05, 0.1) is 60.2 Å². The molecule has 4 N–H and O–H groups in total. The lowest BCUT2D eigenvalue weighted by Gasteiger charge is -2.28. The molecule has 0 bridgehead atoms. The van der Waals surface area contributed by atoms with E-state index < -0.39 is 68.8 Å². The Hall–Kier alpha value is -7.95. The minimum atomic E-state index is -3.96. The molecule has 20 nitrogen and oxygen atoms in total. The minimum absolute atomic E-state index is 0. The summed E-state index contributed by atoms with van der Waals surface area (Å²) in [6, 6.07) is 54.6. The molecule has 0 aliphatic heterocycles. The van der Waals surface area contributed by atoms with Crippen molar-refractivity contribution in [2.75, 3.05) is 50.5 Å². The highest BCUT2D eigenvalue weighted by Crippen LogP contribution is 2.50. The first-order valence-corrected chi connectivity index (χ1v) is 48.2. The van der Waals surface area contributed by atoms with Crippen LogP contribution in [0.4, 0.5) is 20.0 Å². The average molecular weight is 1890 g/mol. The van der Waals surface area contributed by atoms with Gasteiger partial charge in [0.1, 0.15) is 20.0 Å². The van der Waals surface area contributed by atoms with E-state index in [-0.39, 0.29) is 64.4 Å². The largest absolute Gasteiger partial charge is 0.478 e. The Balaban J connectivity index is 0.000000216. The highest BCUT2D eigenvalue weighted by Gasteiger charge is 2.39. The highest BCUT2D eigenvalue weighted by atomic mass is 79.9. The molecule has 0 saturated carbocycles. The van der Waals surface area contributed by atoms with Crippen LogP contribution in [0.3, 0.4) is 0 Å². The molecule has 4 aromatic heterocycles. The van der Waals surface area contributed by atoms with Crippen LogP contribution in [-0.2, 0) is 61.6 Å². The van der Waals surface area contributed by atoms with E-state index in [2.05, 4.69) is 31.9 Å². The topological polar surface area (TPSA) is 291 Å². The van der Waals surface area contributed by atoms with Crippen molar-refractivity contribution in [2.45, 2.75) is 179 Å². The fourth-order valence-electron chi connectivity index (χ4n) is 12.8. The third-order valence-electron chi connectivity index (χ3n) is 18.6. The van der Waals surface area contributed by atoms with Gasteiger partial charge in [-0.15, -0.1) is 45.3 Å². The van der Waals surface area contributed by atoms with Crippen LogP contribution >= 0.6 is 77.2 Å². The Labute approximate surface area is 727 Å². The summed E-state index contributed by atoms with van der Waals surface area (Å²) in [6.45, 7) is 20.8. The molecule has 12 aromatic rings. The zero-order chi connectivity index (χ0) is 85.0. The van der Waals surface area contributed by atoms with E-state index >= 15 is 0 Å². The van der Waals surface area contributed by atoms with E-state index in [0.717, 1.165) is 81.4 Å². The van der Waals surface area contributed by atoms with E-state index in [1.165, 1.54) is 125 Å². The number of methoxy groups -OCH3 is 1. The molecule has 8 aromatic carbocycles. The van der Waals surface area contributed by atoms with E-state index in [1.807, 2.05) is 125 Å². The fraction of sp³-hybridized carbons (Fsp3) is 0.330. The SMILES string of the molecule is C.C.CCCCN(c1sc2ccccc2c1C(C)(C)O)S(=O)(=O)c1ccc(Br)cc1.CCCCN(c1sc2ccccc2c1C(C)(C)O)S(=O)(=O)c1ccc(C(=O)O)cc1.CCCCN(c1sc2ccccc2c1C(C)(C)O)S(=O)(=O)c1ccc(C(=O)OC)cc1.CCCCN(c1sc2ccccc2c1C(C)=O)S(=O)(=O)c1ccc(Br)cc1. The van der Waals surface area contributed by atoms with Crippen molar-refractivity contribution in [2.24, 2.45) is 0 Å². The molecule has 0 amide bonds. The predicted octanol–water partition coefficient (Wildman–Crippen LogP) is 22.8. The number of sulfonamides is 4. The minimum Gasteiger partial charge on any atom is -0.478 e. The number of unbranched alkanes of at least 4 members (excludes halogenated alkanes) is 4. The normalized spacial score (nSPS) is 11.9. The van der Waals surface area contributed by atoms with Gasteiger partial charge >= 0.3 is 11.9 Å². The van der Waals surface area contributed by atoms with E-state index in [9.17, 15) is 63.4 Å². The number of thiophene rings is 4. The number of hydrogen-bond donors (Lipinski definition) is 4. The lowest BCUT2D eigenvalue weighted by atomic mass is 9.97. The number of anilines is 4. The summed E-state index contributed by atoms with van der Waals surface area (Å²) in [5.41, 5.74) is -1.05. The Morgan fingerprint density at radius 1 is 0.373 bits per heavy atom. The van der Waals surface area contributed by atoms with Gasteiger partial charge in [-0.25, -0.2) is 43.3 Å². The van der Waals surface area contributed by atoms with E-state index in [4.69, 9.17) is 9.84 Å². The summed E-state index contributed by atoms with van der Waals surface area (Å²) in [4.78, 5) is 35.8. The Kier molecular flexibility index (Phi) is 33.8. The molecule has 4 heterocycles. The smallest absolute Gasteiger partial charge is 0.337 e. The van der Waals surface area contributed by atoms with Crippen LogP contribution in [0.5, 0.6) is 0 Å². The van der Waals surface area contributed by atoms with Crippen molar-refractivity contribution in [3.05, 3.63) is 236 Å². The summed E-state index contributed by atoms with van der Waals surface area (Å²) < 4.78 is 124. The number of nitrogens with zero attached hydrogens (tertiary/aromatic N) is 4. The number of hydrogen-bond acceptors (Lipinski definition) is 19. The fourth-order valence-corrected chi connectivity index (χ4v) is 25.7. The highest BCUT2D eigenvalue weighted by molar-refractivity contribution is 9.10. The second kappa shape index (κ2) is 41.1. The maximum atomic E-state index is 13.7. The number of aromatic carboxylic acids is 1. The first kappa shape index (κ1) is 97.2. The number of ether oxygens (including phenoxy) is 1. The summed E-state index contributed by atoms with van der Waals surface area (Å²) in [5.74, 6) is -1.77. The number of carboxylic acids is 1. The van der Waals surface area contributed by atoms with Crippen LogP contribution in [-0.4, -0.2) is 105 Å². The van der Waals surface area contributed by atoms with Gasteiger partial charge < -0.3 is 25.2 Å². The van der Waals surface area contributed by atoms with Crippen LogP contribution in [0.2, 0.25) is 0 Å². The number of carbonyl (C=O) groups excluding carboxylic acids is 2. The van der Waals surface area contributed by atoms with Gasteiger partial charge in [-0.1, -0.05) is 173 Å². The van der Waals surface area contributed by atoms with Gasteiger partial charge in [-0.3, -0.25) is 22.0 Å².